The second-order valence-electron chi connectivity index (χ2n) is 7.03. The zero-order chi connectivity index (χ0) is 20.0. The lowest BCUT2D eigenvalue weighted by atomic mass is 9.86. The number of nitrogens with one attached hydrogen (secondary N) is 1. The summed E-state index contributed by atoms with van der Waals surface area (Å²) in [7, 11) is -3.73. The molecule has 1 amide bonds. The minimum atomic E-state index is -3.73. The fraction of sp³-hybridized carbons (Fsp3) is 0.579. The molecular weight excluding hydrogens is 373 g/mol. The third-order valence-corrected chi connectivity index (χ3v) is 6.60. The standard InChI is InChI=1S/C19H26FNO5S/c1-13-5-3-4-6-17(13)21-19(23)14(2)26-18(22)11-12-27(24,25)16-9-7-15(20)8-10-16/h7-10,13-14,17H,3-6,11-12H2,1-2H3,(H,21,23)/t13-,14+,17-/m0/s1. The molecule has 0 bridgehead atoms. The van der Waals surface area contributed by atoms with Gasteiger partial charge in [-0.05, 0) is 49.9 Å². The Labute approximate surface area is 159 Å². The Kier molecular flexibility index (Phi) is 7.35. The van der Waals surface area contributed by atoms with Crippen molar-refractivity contribution < 1.29 is 27.1 Å². The SMILES string of the molecule is C[C@@H](OC(=O)CCS(=O)(=O)c1ccc(F)cc1)C(=O)N[C@H]1CCCC[C@@H]1C. The summed E-state index contributed by atoms with van der Waals surface area (Å²) in [6, 6.07) is 4.47. The molecule has 1 aromatic rings. The summed E-state index contributed by atoms with van der Waals surface area (Å²) in [5.41, 5.74) is 0. The van der Waals surface area contributed by atoms with E-state index in [4.69, 9.17) is 4.74 Å². The summed E-state index contributed by atoms with van der Waals surface area (Å²) < 4.78 is 42.3. The molecule has 0 unspecified atom stereocenters. The van der Waals surface area contributed by atoms with E-state index in [1.54, 1.807) is 0 Å². The van der Waals surface area contributed by atoms with Crippen molar-refractivity contribution in [3.8, 4) is 0 Å². The highest BCUT2D eigenvalue weighted by atomic mass is 32.2. The van der Waals surface area contributed by atoms with Crippen molar-refractivity contribution in [1.82, 2.24) is 5.32 Å². The second kappa shape index (κ2) is 9.30. The van der Waals surface area contributed by atoms with Gasteiger partial charge in [-0.2, -0.15) is 0 Å². The van der Waals surface area contributed by atoms with Gasteiger partial charge in [0.2, 0.25) is 0 Å². The zero-order valence-electron chi connectivity index (χ0n) is 15.6. The van der Waals surface area contributed by atoms with E-state index in [-0.39, 0.29) is 23.3 Å². The molecule has 0 aromatic heterocycles. The molecule has 0 aliphatic heterocycles. The summed E-state index contributed by atoms with van der Waals surface area (Å²) in [6.45, 7) is 3.55. The average Bonchev–Trinajstić information content (AvgIpc) is 2.62. The number of amides is 1. The van der Waals surface area contributed by atoms with Crippen molar-refractivity contribution in [2.75, 3.05) is 5.75 Å². The molecule has 2 rings (SSSR count). The molecule has 1 aromatic carbocycles. The molecule has 1 fully saturated rings. The van der Waals surface area contributed by atoms with Crippen LogP contribution in [-0.4, -0.2) is 38.2 Å². The van der Waals surface area contributed by atoms with E-state index >= 15 is 0 Å². The van der Waals surface area contributed by atoms with E-state index in [1.807, 2.05) is 0 Å². The fourth-order valence-electron chi connectivity index (χ4n) is 3.12. The molecule has 1 aliphatic rings. The van der Waals surface area contributed by atoms with Gasteiger partial charge >= 0.3 is 5.97 Å². The van der Waals surface area contributed by atoms with Crippen molar-refractivity contribution in [1.29, 1.82) is 0 Å². The van der Waals surface area contributed by atoms with Crippen LogP contribution in [0.4, 0.5) is 4.39 Å². The lowest BCUT2D eigenvalue weighted by Gasteiger charge is -2.30. The normalized spacial score (nSPS) is 21.3. The van der Waals surface area contributed by atoms with Crippen molar-refractivity contribution in [3.63, 3.8) is 0 Å². The zero-order valence-corrected chi connectivity index (χ0v) is 16.4. The predicted octanol–water partition coefficient (Wildman–Crippen LogP) is 2.62. The van der Waals surface area contributed by atoms with Crippen molar-refractivity contribution in [2.45, 2.75) is 63.0 Å². The Morgan fingerprint density at radius 1 is 1.22 bits per heavy atom. The summed E-state index contributed by atoms with van der Waals surface area (Å²) in [5.74, 6) is -1.76. The van der Waals surface area contributed by atoms with Crippen LogP contribution in [0, 0.1) is 11.7 Å². The molecule has 150 valence electrons. The summed E-state index contributed by atoms with van der Waals surface area (Å²) in [5, 5.41) is 2.91. The highest BCUT2D eigenvalue weighted by molar-refractivity contribution is 7.91. The first-order valence-corrected chi connectivity index (χ1v) is 10.8. The Balaban J connectivity index is 1.81. The molecule has 1 N–H and O–H groups in total. The number of esters is 1. The molecule has 0 spiro atoms. The molecule has 0 radical (unpaired) electrons. The molecule has 0 saturated heterocycles. The number of halogens is 1. The lowest BCUT2D eigenvalue weighted by molar-refractivity contribution is -0.154. The quantitative estimate of drug-likeness (QED) is 0.562. The van der Waals surface area contributed by atoms with Crippen LogP contribution in [0.2, 0.25) is 0 Å². The van der Waals surface area contributed by atoms with Crippen LogP contribution in [0.3, 0.4) is 0 Å². The molecular formula is C19H26FNO5S. The maximum atomic E-state index is 12.9. The van der Waals surface area contributed by atoms with Crippen LogP contribution in [0.1, 0.15) is 46.0 Å². The number of hydrogen-bond donors (Lipinski definition) is 1. The third-order valence-electron chi connectivity index (χ3n) is 4.86. The van der Waals surface area contributed by atoms with Gasteiger partial charge in [0.15, 0.2) is 15.9 Å². The number of hydrogen-bond acceptors (Lipinski definition) is 5. The van der Waals surface area contributed by atoms with Gasteiger partial charge in [0.25, 0.3) is 5.91 Å². The predicted molar refractivity (Wildman–Crippen MR) is 98.2 cm³/mol. The maximum absolute atomic E-state index is 12.9. The van der Waals surface area contributed by atoms with Gasteiger partial charge in [-0.15, -0.1) is 0 Å². The van der Waals surface area contributed by atoms with E-state index in [0.29, 0.717) is 5.92 Å². The number of carbonyl (C=O) groups is 2. The molecule has 0 heterocycles. The molecule has 27 heavy (non-hydrogen) atoms. The van der Waals surface area contributed by atoms with E-state index in [9.17, 15) is 22.4 Å². The van der Waals surface area contributed by atoms with Crippen LogP contribution in [0.15, 0.2) is 29.2 Å². The molecule has 3 atom stereocenters. The number of benzene rings is 1. The van der Waals surface area contributed by atoms with Crippen LogP contribution in [0.5, 0.6) is 0 Å². The second-order valence-corrected chi connectivity index (χ2v) is 9.14. The van der Waals surface area contributed by atoms with Crippen LogP contribution in [0.25, 0.3) is 0 Å². The van der Waals surface area contributed by atoms with E-state index < -0.39 is 33.5 Å². The van der Waals surface area contributed by atoms with Gasteiger partial charge in [0.05, 0.1) is 17.1 Å². The van der Waals surface area contributed by atoms with Crippen LogP contribution < -0.4 is 5.32 Å². The van der Waals surface area contributed by atoms with Crippen molar-refractivity contribution >= 4 is 21.7 Å². The number of ether oxygens (including phenoxy) is 1. The van der Waals surface area contributed by atoms with Crippen molar-refractivity contribution in [3.05, 3.63) is 30.1 Å². The van der Waals surface area contributed by atoms with Gasteiger partial charge in [-0.1, -0.05) is 19.8 Å². The summed E-state index contributed by atoms with van der Waals surface area (Å²) in [6.07, 6.45) is 2.81. The first-order valence-electron chi connectivity index (χ1n) is 9.17. The average molecular weight is 399 g/mol. The number of sulfone groups is 1. The van der Waals surface area contributed by atoms with Crippen LogP contribution >= 0.6 is 0 Å². The van der Waals surface area contributed by atoms with Gasteiger partial charge in [0, 0.05) is 6.04 Å². The third kappa shape index (κ3) is 6.30. The first-order chi connectivity index (χ1) is 12.7. The number of rotatable bonds is 7. The first kappa shape index (κ1) is 21.3. The Morgan fingerprint density at radius 3 is 2.48 bits per heavy atom. The Bertz CT molecular complexity index is 763. The summed E-state index contributed by atoms with van der Waals surface area (Å²) >= 11 is 0. The van der Waals surface area contributed by atoms with Gasteiger partial charge in [0.1, 0.15) is 5.82 Å². The highest BCUT2D eigenvalue weighted by Gasteiger charge is 2.26. The fourth-order valence-corrected chi connectivity index (χ4v) is 4.34. The van der Waals surface area contributed by atoms with Gasteiger partial charge < -0.3 is 10.1 Å². The Hall–Kier alpha value is -1.96. The topological polar surface area (TPSA) is 89.5 Å². The van der Waals surface area contributed by atoms with E-state index in [2.05, 4.69) is 12.2 Å². The number of carbonyl (C=O) groups excluding carboxylic acids is 2. The van der Waals surface area contributed by atoms with Gasteiger partial charge in [-0.25, -0.2) is 12.8 Å². The minimum Gasteiger partial charge on any atom is -0.453 e. The highest BCUT2D eigenvalue weighted by Crippen LogP contribution is 2.23. The molecule has 8 heteroatoms. The Morgan fingerprint density at radius 2 is 1.85 bits per heavy atom. The molecule has 1 aliphatic carbocycles. The van der Waals surface area contributed by atoms with E-state index in [1.165, 1.54) is 6.92 Å². The molecule has 6 nitrogen and oxygen atoms in total. The van der Waals surface area contributed by atoms with Gasteiger partial charge in [-0.3, -0.25) is 9.59 Å². The summed E-state index contributed by atoms with van der Waals surface area (Å²) in [4.78, 5) is 24.1. The van der Waals surface area contributed by atoms with Crippen LogP contribution in [-0.2, 0) is 24.2 Å². The van der Waals surface area contributed by atoms with Crippen molar-refractivity contribution in [2.24, 2.45) is 5.92 Å². The largest absolute Gasteiger partial charge is 0.453 e. The smallest absolute Gasteiger partial charge is 0.307 e. The minimum absolute atomic E-state index is 0.0613. The lowest BCUT2D eigenvalue weighted by Crippen LogP contribution is -2.46. The molecule has 1 saturated carbocycles. The monoisotopic (exact) mass is 399 g/mol. The maximum Gasteiger partial charge on any atom is 0.307 e. The van der Waals surface area contributed by atoms with E-state index in [0.717, 1.165) is 49.9 Å².